The van der Waals surface area contributed by atoms with E-state index in [1.165, 1.54) is 38.8 Å². The summed E-state index contributed by atoms with van der Waals surface area (Å²) in [7, 11) is 1.81. The zero-order valence-corrected chi connectivity index (χ0v) is 19.2. The number of rotatable bonds is 6. The Balaban J connectivity index is 0.00000364. The Morgan fingerprint density at radius 3 is 2.26 bits per heavy atom. The largest absolute Gasteiger partial charge is 0.355 e. The van der Waals surface area contributed by atoms with Crippen molar-refractivity contribution in [1.82, 2.24) is 15.5 Å². The second kappa shape index (κ2) is 12.9. The van der Waals surface area contributed by atoms with Crippen LogP contribution in [0.15, 0.2) is 29.3 Å². The third kappa shape index (κ3) is 8.06. The van der Waals surface area contributed by atoms with Crippen molar-refractivity contribution < 1.29 is 0 Å². The van der Waals surface area contributed by atoms with Gasteiger partial charge in [0.05, 0.1) is 11.6 Å². The Morgan fingerprint density at radius 1 is 1.11 bits per heavy atom. The van der Waals surface area contributed by atoms with Gasteiger partial charge in [-0.25, -0.2) is 0 Å². The first-order chi connectivity index (χ1) is 12.6. The maximum atomic E-state index is 8.88. The summed E-state index contributed by atoms with van der Waals surface area (Å²) in [5.41, 5.74) is 1.83. The van der Waals surface area contributed by atoms with Gasteiger partial charge in [-0.05, 0) is 49.5 Å². The van der Waals surface area contributed by atoms with Gasteiger partial charge in [-0.2, -0.15) is 5.26 Å². The Bertz CT molecular complexity index is 598. The van der Waals surface area contributed by atoms with Gasteiger partial charge in [0.1, 0.15) is 0 Å². The first-order valence-corrected chi connectivity index (χ1v) is 9.81. The minimum atomic E-state index is 0. The van der Waals surface area contributed by atoms with Crippen molar-refractivity contribution in [3.8, 4) is 6.07 Å². The summed E-state index contributed by atoms with van der Waals surface area (Å²) in [6.07, 6.45) is 5.36. The van der Waals surface area contributed by atoms with Crippen LogP contribution in [-0.4, -0.2) is 43.6 Å². The van der Waals surface area contributed by atoms with Crippen LogP contribution >= 0.6 is 24.0 Å². The first-order valence-electron chi connectivity index (χ1n) is 9.81. The summed E-state index contributed by atoms with van der Waals surface area (Å²) in [6.45, 7) is 8.64. The highest BCUT2D eigenvalue weighted by molar-refractivity contribution is 14.0. The molecule has 5 nitrogen and oxygen atoms in total. The highest BCUT2D eigenvalue weighted by Crippen LogP contribution is 2.17. The van der Waals surface area contributed by atoms with Crippen LogP contribution in [0.2, 0.25) is 0 Å². The summed E-state index contributed by atoms with van der Waals surface area (Å²) in [5.74, 6) is 1.44. The Morgan fingerprint density at radius 2 is 1.74 bits per heavy atom. The molecule has 0 bridgehead atoms. The van der Waals surface area contributed by atoms with Crippen molar-refractivity contribution in [1.29, 1.82) is 5.26 Å². The summed E-state index contributed by atoms with van der Waals surface area (Å²) >= 11 is 0. The summed E-state index contributed by atoms with van der Waals surface area (Å²) < 4.78 is 0. The van der Waals surface area contributed by atoms with Gasteiger partial charge in [0.15, 0.2) is 5.96 Å². The van der Waals surface area contributed by atoms with Crippen molar-refractivity contribution in [2.45, 2.75) is 52.1 Å². The lowest BCUT2D eigenvalue weighted by Crippen LogP contribution is -2.49. The molecule has 0 aliphatic carbocycles. The molecule has 150 valence electrons. The number of guanidine groups is 1. The fraction of sp³-hybridized carbons (Fsp3) is 0.619. The normalized spacial score (nSPS) is 16.8. The molecule has 2 N–H and O–H groups in total. The lowest BCUT2D eigenvalue weighted by atomic mass is 10.0. The molecule has 0 spiro atoms. The molecular weight excluding hydrogens is 449 g/mol. The Labute approximate surface area is 181 Å². The second-order valence-corrected chi connectivity index (χ2v) is 7.38. The van der Waals surface area contributed by atoms with E-state index in [4.69, 9.17) is 5.26 Å². The predicted octanol–water partition coefficient (Wildman–Crippen LogP) is 3.74. The van der Waals surface area contributed by atoms with Crippen molar-refractivity contribution >= 4 is 29.9 Å². The van der Waals surface area contributed by atoms with E-state index in [0.29, 0.717) is 24.1 Å². The van der Waals surface area contributed by atoms with E-state index in [1.807, 2.05) is 31.3 Å². The molecule has 1 aliphatic rings. The lowest BCUT2D eigenvalue weighted by Gasteiger charge is -2.34. The summed E-state index contributed by atoms with van der Waals surface area (Å²) in [4.78, 5) is 7.01. The third-order valence-electron chi connectivity index (χ3n) is 5.12. The fourth-order valence-electron chi connectivity index (χ4n) is 3.52. The Hall–Kier alpha value is -1.33. The summed E-state index contributed by atoms with van der Waals surface area (Å²) in [5, 5.41) is 15.8. The van der Waals surface area contributed by atoms with E-state index in [-0.39, 0.29) is 24.0 Å². The highest BCUT2D eigenvalue weighted by Gasteiger charge is 2.22. The van der Waals surface area contributed by atoms with Crippen molar-refractivity contribution in [3.63, 3.8) is 0 Å². The van der Waals surface area contributed by atoms with Crippen LogP contribution in [0.3, 0.4) is 0 Å². The van der Waals surface area contributed by atoms with Gasteiger partial charge in [-0.3, -0.25) is 9.89 Å². The van der Waals surface area contributed by atoms with Gasteiger partial charge in [0.25, 0.3) is 0 Å². The molecule has 0 saturated carbocycles. The average molecular weight is 483 g/mol. The number of nitrogens with one attached hydrogen (secondary N) is 2. The molecular formula is C21H34IN5. The van der Waals surface area contributed by atoms with Crippen LogP contribution in [0.5, 0.6) is 0 Å². The average Bonchev–Trinajstić information content (AvgIpc) is 2.94. The van der Waals surface area contributed by atoms with E-state index < -0.39 is 0 Å². The molecule has 1 saturated heterocycles. The third-order valence-corrected chi connectivity index (χ3v) is 5.12. The van der Waals surface area contributed by atoms with Crippen LogP contribution in [0.4, 0.5) is 0 Å². The number of likely N-dealkylation sites (tertiary alicyclic amines) is 1. The molecule has 6 heteroatoms. The molecule has 0 amide bonds. The second-order valence-electron chi connectivity index (χ2n) is 7.38. The maximum Gasteiger partial charge on any atom is 0.191 e. The minimum Gasteiger partial charge on any atom is -0.355 e. The van der Waals surface area contributed by atoms with Gasteiger partial charge < -0.3 is 10.6 Å². The standard InChI is InChI=1S/C21H33N5.HI/c1-17(2)20(26-12-6-4-5-7-13-26)16-25-21(23-3)24-15-19-10-8-18(14-22)9-11-19;/h8-11,17,20H,4-7,12-13,15-16H2,1-3H3,(H2,23,24,25);1H. The number of halogens is 1. The monoisotopic (exact) mass is 483 g/mol. The van der Waals surface area contributed by atoms with E-state index in [1.54, 1.807) is 0 Å². The van der Waals surface area contributed by atoms with E-state index in [2.05, 4.69) is 40.4 Å². The maximum absolute atomic E-state index is 8.88. The fourth-order valence-corrected chi connectivity index (χ4v) is 3.52. The topological polar surface area (TPSA) is 63.5 Å². The molecule has 27 heavy (non-hydrogen) atoms. The van der Waals surface area contributed by atoms with Crippen LogP contribution in [0.25, 0.3) is 0 Å². The van der Waals surface area contributed by atoms with Crippen molar-refractivity contribution in [2.75, 3.05) is 26.7 Å². The van der Waals surface area contributed by atoms with Gasteiger partial charge >= 0.3 is 0 Å². The Kier molecular flexibility index (Phi) is 11.4. The van der Waals surface area contributed by atoms with Crippen LogP contribution < -0.4 is 10.6 Å². The molecule has 1 aliphatic heterocycles. The summed E-state index contributed by atoms with van der Waals surface area (Å²) in [6, 6.07) is 10.3. The molecule has 2 rings (SSSR count). The van der Waals surface area contributed by atoms with Crippen LogP contribution in [0.1, 0.15) is 50.7 Å². The highest BCUT2D eigenvalue weighted by atomic mass is 127. The molecule has 0 radical (unpaired) electrons. The zero-order valence-electron chi connectivity index (χ0n) is 16.9. The van der Waals surface area contributed by atoms with Gasteiger partial charge in [-0.1, -0.05) is 38.8 Å². The smallest absolute Gasteiger partial charge is 0.191 e. The number of nitriles is 1. The molecule has 1 aromatic carbocycles. The van der Waals surface area contributed by atoms with Gasteiger partial charge in [0, 0.05) is 26.2 Å². The van der Waals surface area contributed by atoms with E-state index in [9.17, 15) is 0 Å². The number of hydrogen-bond donors (Lipinski definition) is 2. The quantitative estimate of drug-likeness (QED) is 0.368. The number of aliphatic imine (C=N–C) groups is 1. The SMILES string of the molecule is CN=C(NCc1ccc(C#N)cc1)NCC(C(C)C)N1CCCCCC1.I. The minimum absolute atomic E-state index is 0. The number of benzene rings is 1. The molecule has 1 fully saturated rings. The molecule has 1 aromatic rings. The molecule has 1 heterocycles. The lowest BCUT2D eigenvalue weighted by molar-refractivity contribution is 0.161. The number of hydrogen-bond acceptors (Lipinski definition) is 3. The predicted molar refractivity (Wildman–Crippen MR) is 123 cm³/mol. The molecule has 0 aromatic heterocycles. The van der Waals surface area contributed by atoms with Gasteiger partial charge in [-0.15, -0.1) is 24.0 Å². The van der Waals surface area contributed by atoms with E-state index >= 15 is 0 Å². The zero-order chi connectivity index (χ0) is 18.8. The van der Waals surface area contributed by atoms with Crippen LogP contribution in [-0.2, 0) is 6.54 Å². The molecule has 1 unspecified atom stereocenters. The molecule has 1 atom stereocenters. The van der Waals surface area contributed by atoms with Crippen molar-refractivity contribution in [2.24, 2.45) is 10.9 Å². The van der Waals surface area contributed by atoms with Gasteiger partial charge in [0.2, 0.25) is 0 Å². The number of nitrogens with zero attached hydrogens (tertiary/aromatic N) is 3. The van der Waals surface area contributed by atoms with E-state index in [0.717, 1.165) is 18.1 Å². The van der Waals surface area contributed by atoms with Crippen LogP contribution in [0, 0.1) is 17.2 Å². The first kappa shape index (κ1) is 23.7. The van der Waals surface area contributed by atoms with Crippen molar-refractivity contribution in [3.05, 3.63) is 35.4 Å².